The fourth-order valence-electron chi connectivity index (χ4n) is 4.84. The maximum absolute atomic E-state index is 13.6. The minimum atomic E-state index is -0.109. The monoisotopic (exact) mass is 410 g/mol. The molecule has 2 aliphatic rings. The van der Waals surface area contributed by atoms with Crippen LogP contribution in [-0.4, -0.2) is 36.8 Å². The van der Waals surface area contributed by atoms with Crippen LogP contribution in [0.25, 0.3) is 10.9 Å². The van der Waals surface area contributed by atoms with E-state index in [4.69, 9.17) is 0 Å². The lowest BCUT2D eigenvalue weighted by Gasteiger charge is -2.42. The smallest absolute Gasteiger partial charge is 0.123 e. The van der Waals surface area contributed by atoms with E-state index in [-0.39, 0.29) is 10.6 Å². The second kappa shape index (κ2) is 8.53. The van der Waals surface area contributed by atoms with Crippen molar-refractivity contribution in [1.82, 2.24) is 9.88 Å². The summed E-state index contributed by atoms with van der Waals surface area (Å²) in [6.07, 6.45) is 5.81. The van der Waals surface area contributed by atoms with E-state index in [1.54, 1.807) is 17.7 Å². The zero-order valence-corrected chi connectivity index (χ0v) is 18.5. The van der Waals surface area contributed by atoms with Gasteiger partial charge >= 0.3 is 0 Å². The predicted octanol–water partition coefficient (Wildman–Crippen LogP) is 6.33. The molecule has 1 spiro atoms. The molecule has 29 heavy (non-hydrogen) atoms. The molecule has 1 N–H and O–H groups in total. The average Bonchev–Trinajstić information content (AvgIpc) is 3.09. The van der Waals surface area contributed by atoms with Gasteiger partial charge in [-0.25, -0.2) is 4.39 Å². The number of aryl methyl sites for hydroxylation is 1. The van der Waals surface area contributed by atoms with E-state index >= 15 is 0 Å². The third kappa shape index (κ3) is 4.24. The molecule has 2 heterocycles. The number of nitrogens with one attached hydrogen (secondary N) is 1. The summed E-state index contributed by atoms with van der Waals surface area (Å²) >= 11 is 2.14. The van der Waals surface area contributed by atoms with E-state index < -0.39 is 0 Å². The number of benzene rings is 2. The van der Waals surface area contributed by atoms with Crippen LogP contribution < -0.4 is 0 Å². The Morgan fingerprint density at radius 3 is 2.48 bits per heavy atom. The van der Waals surface area contributed by atoms with Gasteiger partial charge in [0.2, 0.25) is 0 Å². The van der Waals surface area contributed by atoms with Gasteiger partial charge in [0.15, 0.2) is 0 Å². The minimum absolute atomic E-state index is 0.109. The maximum atomic E-state index is 13.6. The van der Waals surface area contributed by atoms with Gasteiger partial charge in [-0.1, -0.05) is 30.3 Å². The highest BCUT2D eigenvalue weighted by Gasteiger charge is 2.42. The number of rotatable bonds is 1. The first-order valence-corrected chi connectivity index (χ1v) is 11.6. The van der Waals surface area contributed by atoms with Gasteiger partial charge in [-0.3, -0.25) is 0 Å². The number of aromatic amines is 1. The van der Waals surface area contributed by atoms with Crippen LogP contribution in [0.15, 0.2) is 48.5 Å². The summed E-state index contributed by atoms with van der Waals surface area (Å²) in [6, 6.07) is 15.9. The van der Waals surface area contributed by atoms with Crippen molar-refractivity contribution in [2.75, 3.05) is 26.9 Å². The molecule has 0 atom stereocenters. The molecule has 0 saturated heterocycles. The minimum Gasteiger partial charge on any atom is -0.357 e. The van der Waals surface area contributed by atoms with Crippen LogP contribution in [0.1, 0.15) is 48.4 Å². The van der Waals surface area contributed by atoms with Crippen molar-refractivity contribution < 1.29 is 4.39 Å². The molecule has 2 nitrogen and oxygen atoms in total. The van der Waals surface area contributed by atoms with Gasteiger partial charge < -0.3 is 9.88 Å². The Morgan fingerprint density at radius 1 is 1.03 bits per heavy atom. The van der Waals surface area contributed by atoms with Crippen molar-refractivity contribution in [3.63, 3.8) is 0 Å². The number of thioether (sulfide) groups is 1. The number of halogens is 1. The number of nitrogens with zero attached hydrogens (tertiary/aromatic N) is 1. The molecule has 4 heteroatoms. The lowest BCUT2D eigenvalue weighted by atomic mass is 9.76. The molecule has 1 aliphatic heterocycles. The Hall–Kier alpha value is -1.78. The first-order chi connectivity index (χ1) is 14.0. The molecule has 0 amide bonds. The number of para-hydroxylation sites is 1. The first-order valence-electron chi connectivity index (χ1n) is 10.6. The van der Waals surface area contributed by atoms with Crippen LogP contribution >= 0.6 is 11.8 Å². The average molecular weight is 411 g/mol. The van der Waals surface area contributed by atoms with Gasteiger partial charge in [0, 0.05) is 16.6 Å². The highest BCUT2D eigenvalue weighted by molar-refractivity contribution is 8.00. The van der Waals surface area contributed by atoms with E-state index in [0.717, 1.165) is 12.8 Å². The zero-order valence-electron chi connectivity index (χ0n) is 17.7. The molecular formula is C25H31FN2S. The number of aromatic nitrogens is 1. The third-order valence-electron chi connectivity index (χ3n) is 6.11. The van der Waals surface area contributed by atoms with Crippen molar-refractivity contribution in [2.45, 2.75) is 42.8 Å². The Labute approximate surface area is 177 Å². The Kier molecular flexibility index (Phi) is 6.03. The second-order valence-electron chi connectivity index (χ2n) is 8.79. The van der Waals surface area contributed by atoms with Crippen molar-refractivity contribution in [3.05, 3.63) is 71.2 Å². The first kappa shape index (κ1) is 20.5. The van der Waals surface area contributed by atoms with Crippen molar-refractivity contribution in [2.24, 2.45) is 0 Å². The van der Waals surface area contributed by atoms with Crippen LogP contribution in [0.5, 0.6) is 0 Å². The zero-order chi connectivity index (χ0) is 20.4. The van der Waals surface area contributed by atoms with Crippen molar-refractivity contribution >= 4 is 22.7 Å². The standard InChI is InChI=1S/C22H22FNS.C3H9N/c23-17-5-3-4-16(14-17)15-8-11-22(12-9-15)21-19(10-13-25-22)18-6-1-2-7-20(18)24-21;1-4(2)3/h1-7,14-15,24H,8-13H2;1-3H3. The fourth-order valence-corrected chi connectivity index (χ4v) is 6.38. The molecular weight excluding hydrogens is 379 g/mol. The fraction of sp³-hybridized carbons (Fsp3) is 0.440. The number of fused-ring (bicyclic) bond motifs is 4. The predicted molar refractivity (Wildman–Crippen MR) is 123 cm³/mol. The Balaban J connectivity index is 0.000000472. The van der Waals surface area contributed by atoms with Crippen LogP contribution in [0.4, 0.5) is 4.39 Å². The summed E-state index contributed by atoms with van der Waals surface area (Å²) < 4.78 is 13.8. The van der Waals surface area contributed by atoms with Gasteiger partial charge in [-0.05, 0) is 94.2 Å². The van der Waals surface area contributed by atoms with Crippen LogP contribution in [0.3, 0.4) is 0 Å². The van der Waals surface area contributed by atoms with Gasteiger partial charge in [0.05, 0.1) is 4.75 Å². The Bertz CT molecular complexity index is 967. The summed E-state index contributed by atoms with van der Waals surface area (Å²) in [5.41, 5.74) is 5.47. The molecule has 3 aromatic rings. The molecule has 0 unspecified atom stereocenters. The summed E-state index contributed by atoms with van der Waals surface area (Å²) in [5, 5.41) is 1.41. The van der Waals surface area contributed by atoms with Crippen LogP contribution in [-0.2, 0) is 11.2 Å². The van der Waals surface area contributed by atoms with Crippen LogP contribution in [0, 0.1) is 5.82 Å². The summed E-state index contributed by atoms with van der Waals surface area (Å²) in [7, 11) is 6.00. The largest absolute Gasteiger partial charge is 0.357 e. The molecule has 154 valence electrons. The summed E-state index contributed by atoms with van der Waals surface area (Å²) in [4.78, 5) is 5.76. The summed E-state index contributed by atoms with van der Waals surface area (Å²) in [6.45, 7) is 0. The van der Waals surface area contributed by atoms with Crippen molar-refractivity contribution in [3.8, 4) is 0 Å². The van der Waals surface area contributed by atoms with E-state index in [9.17, 15) is 4.39 Å². The van der Waals surface area contributed by atoms with Crippen LogP contribution in [0.2, 0.25) is 0 Å². The molecule has 1 aliphatic carbocycles. The number of hydrogen-bond acceptors (Lipinski definition) is 2. The van der Waals surface area contributed by atoms with Gasteiger partial charge in [-0.2, -0.15) is 0 Å². The molecule has 0 radical (unpaired) electrons. The second-order valence-corrected chi connectivity index (χ2v) is 10.3. The molecule has 2 aromatic carbocycles. The lowest BCUT2D eigenvalue weighted by Crippen LogP contribution is -2.32. The van der Waals surface area contributed by atoms with E-state index in [1.807, 2.05) is 32.1 Å². The molecule has 1 fully saturated rings. The van der Waals surface area contributed by atoms with E-state index in [0.29, 0.717) is 5.92 Å². The van der Waals surface area contributed by atoms with E-state index in [1.165, 1.54) is 47.2 Å². The van der Waals surface area contributed by atoms with Gasteiger partial charge in [0.1, 0.15) is 5.82 Å². The molecule has 1 aromatic heterocycles. The molecule has 0 bridgehead atoms. The number of H-pyrrole nitrogens is 1. The molecule has 5 rings (SSSR count). The van der Waals surface area contributed by atoms with E-state index in [2.05, 4.69) is 47.1 Å². The topological polar surface area (TPSA) is 19.0 Å². The third-order valence-corrected chi connectivity index (χ3v) is 7.69. The normalized spacial score (nSPS) is 23.7. The van der Waals surface area contributed by atoms with Crippen molar-refractivity contribution in [1.29, 1.82) is 0 Å². The quantitative estimate of drug-likeness (QED) is 0.506. The number of hydrogen-bond donors (Lipinski definition) is 1. The van der Waals surface area contributed by atoms with Gasteiger partial charge in [-0.15, -0.1) is 11.8 Å². The highest BCUT2D eigenvalue weighted by atomic mass is 32.2. The Morgan fingerprint density at radius 2 is 1.76 bits per heavy atom. The lowest BCUT2D eigenvalue weighted by molar-refractivity contribution is 0.358. The maximum Gasteiger partial charge on any atom is 0.123 e. The SMILES string of the molecule is CN(C)C.Fc1cccc(C2CCC3(CC2)SCCc2c3[nH]c3ccccc23)c1. The summed E-state index contributed by atoms with van der Waals surface area (Å²) in [5.74, 6) is 1.60. The highest BCUT2D eigenvalue weighted by Crippen LogP contribution is 2.55. The molecule has 1 saturated carbocycles. The van der Waals surface area contributed by atoms with Gasteiger partial charge in [0.25, 0.3) is 0 Å².